The fourth-order valence-corrected chi connectivity index (χ4v) is 2.47. The number of nitrogens with one attached hydrogen (secondary N) is 1. The topological polar surface area (TPSA) is 32.3 Å². The van der Waals surface area contributed by atoms with Crippen molar-refractivity contribution in [3.05, 3.63) is 24.3 Å². The monoisotopic (exact) mass is 246 g/mol. The molecule has 0 radical (unpaired) electrons. The third kappa shape index (κ3) is 3.03. The summed E-state index contributed by atoms with van der Waals surface area (Å²) in [5, 5.41) is 2.88. The summed E-state index contributed by atoms with van der Waals surface area (Å²) in [5.41, 5.74) is 2.15. The maximum atomic E-state index is 11.3. The van der Waals surface area contributed by atoms with Crippen molar-refractivity contribution in [1.82, 2.24) is 0 Å². The molecule has 0 spiro atoms. The Balaban J connectivity index is 2.04. The lowest BCUT2D eigenvalue weighted by Crippen LogP contribution is -2.37. The second-order valence-electron chi connectivity index (χ2n) is 4.99. The third-order valence-electron chi connectivity index (χ3n) is 3.61. The first kappa shape index (κ1) is 12.9. The summed E-state index contributed by atoms with van der Waals surface area (Å²) in [5.74, 6) is 0.0640. The van der Waals surface area contributed by atoms with Crippen LogP contribution in [0.5, 0.6) is 0 Å². The number of rotatable bonds is 3. The highest BCUT2D eigenvalue weighted by Gasteiger charge is 2.18. The Labute approximate surface area is 109 Å². The molecule has 1 amide bonds. The fraction of sp³-hybridized carbons (Fsp3) is 0.533. The van der Waals surface area contributed by atoms with Crippen LogP contribution in [0.1, 0.15) is 39.5 Å². The number of hydrogen-bond acceptors (Lipinski definition) is 2. The summed E-state index contributed by atoms with van der Waals surface area (Å²) in [6, 6.07) is 8.81. The molecule has 2 rings (SSSR count). The van der Waals surface area contributed by atoms with E-state index in [1.54, 1.807) is 0 Å². The van der Waals surface area contributed by atoms with Gasteiger partial charge in [0, 0.05) is 30.4 Å². The molecule has 98 valence electrons. The first-order chi connectivity index (χ1) is 8.70. The van der Waals surface area contributed by atoms with Crippen LogP contribution in [0.4, 0.5) is 11.4 Å². The zero-order valence-electron chi connectivity index (χ0n) is 11.3. The van der Waals surface area contributed by atoms with Crippen LogP contribution >= 0.6 is 0 Å². The summed E-state index contributed by atoms with van der Waals surface area (Å²) in [6.45, 7) is 5.28. The second-order valence-corrected chi connectivity index (χ2v) is 4.99. The highest BCUT2D eigenvalue weighted by molar-refractivity contribution is 5.90. The van der Waals surface area contributed by atoms with Gasteiger partial charge in [-0.05, 0) is 50.5 Å². The highest BCUT2D eigenvalue weighted by atomic mass is 16.1. The summed E-state index contributed by atoms with van der Waals surface area (Å²) in [4.78, 5) is 13.8. The van der Waals surface area contributed by atoms with Crippen LogP contribution in [0.2, 0.25) is 0 Å². The average molecular weight is 246 g/mol. The molecule has 1 aromatic rings. The van der Waals surface area contributed by atoms with Gasteiger partial charge in [-0.3, -0.25) is 4.79 Å². The van der Waals surface area contributed by atoms with E-state index in [0.717, 1.165) is 12.2 Å². The Morgan fingerprint density at radius 3 is 2.67 bits per heavy atom. The van der Waals surface area contributed by atoms with Crippen LogP contribution < -0.4 is 10.2 Å². The minimum Gasteiger partial charge on any atom is -0.369 e. The van der Waals surface area contributed by atoms with Gasteiger partial charge >= 0.3 is 0 Å². The Kier molecular flexibility index (Phi) is 4.24. The van der Waals surface area contributed by atoms with Crippen LogP contribution in [0.25, 0.3) is 0 Å². The Hall–Kier alpha value is -1.51. The Morgan fingerprint density at radius 2 is 2.06 bits per heavy atom. The van der Waals surface area contributed by atoms with Crippen molar-refractivity contribution >= 4 is 17.3 Å². The number of anilines is 2. The van der Waals surface area contributed by atoms with Gasteiger partial charge in [0.05, 0.1) is 0 Å². The minimum atomic E-state index is 0.0640. The Bertz CT molecular complexity index is 399. The molecule has 0 aromatic heterocycles. The molecule has 0 bridgehead atoms. The average Bonchev–Trinajstić information content (AvgIpc) is 2.40. The predicted molar refractivity (Wildman–Crippen MR) is 76.0 cm³/mol. The van der Waals surface area contributed by atoms with Crippen LogP contribution in [0.3, 0.4) is 0 Å². The molecule has 3 nitrogen and oxygen atoms in total. The van der Waals surface area contributed by atoms with E-state index in [2.05, 4.69) is 29.3 Å². The van der Waals surface area contributed by atoms with E-state index in [1.807, 2.05) is 19.1 Å². The van der Waals surface area contributed by atoms with E-state index < -0.39 is 0 Å². The van der Waals surface area contributed by atoms with Crippen LogP contribution in [-0.4, -0.2) is 18.5 Å². The maximum absolute atomic E-state index is 11.3. The van der Waals surface area contributed by atoms with E-state index in [-0.39, 0.29) is 5.91 Å². The van der Waals surface area contributed by atoms with E-state index in [9.17, 15) is 4.79 Å². The van der Waals surface area contributed by atoms with Crippen LogP contribution in [0.15, 0.2) is 24.3 Å². The molecule has 1 atom stereocenters. The molecule has 1 aliphatic heterocycles. The number of nitrogens with zero attached hydrogens (tertiary/aromatic N) is 1. The first-order valence-electron chi connectivity index (χ1n) is 6.87. The molecular weight excluding hydrogens is 224 g/mol. The van der Waals surface area contributed by atoms with Gasteiger partial charge in [-0.25, -0.2) is 0 Å². The second kappa shape index (κ2) is 5.89. The zero-order valence-corrected chi connectivity index (χ0v) is 11.3. The standard InChI is InChI=1S/C15H22N2O/c1-3-15(18)16-13-7-9-14(10-8-13)17-11-5-4-6-12(17)2/h7-10,12H,3-6,11H2,1-2H3,(H,16,18)/t12-/m1/s1. The number of carbonyl (C=O) groups is 1. The van der Waals surface area contributed by atoms with Crippen molar-refractivity contribution in [3.63, 3.8) is 0 Å². The number of hydrogen-bond donors (Lipinski definition) is 1. The van der Waals surface area contributed by atoms with Gasteiger partial charge in [0.2, 0.25) is 5.91 Å². The molecule has 1 N–H and O–H groups in total. The molecule has 1 aromatic carbocycles. The van der Waals surface area contributed by atoms with E-state index in [4.69, 9.17) is 0 Å². The van der Waals surface area contributed by atoms with Crippen molar-refractivity contribution in [1.29, 1.82) is 0 Å². The molecule has 1 aliphatic rings. The van der Waals surface area contributed by atoms with Crippen LogP contribution in [-0.2, 0) is 4.79 Å². The molecule has 1 fully saturated rings. The summed E-state index contributed by atoms with van der Waals surface area (Å²) in [7, 11) is 0. The highest BCUT2D eigenvalue weighted by Crippen LogP contribution is 2.25. The van der Waals surface area contributed by atoms with E-state index in [1.165, 1.54) is 24.9 Å². The smallest absolute Gasteiger partial charge is 0.224 e. The maximum Gasteiger partial charge on any atom is 0.224 e. The van der Waals surface area contributed by atoms with Gasteiger partial charge in [0.15, 0.2) is 0 Å². The lowest BCUT2D eigenvalue weighted by atomic mass is 10.0. The van der Waals surface area contributed by atoms with Crippen molar-refractivity contribution in [2.75, 3.05) is 16.8 Å². The SMILES string of the molecule is CCC(=O)Nc1ccc(N2CCCC[C@H]2C)cc1. The van der Waals surface area contributed by atoms with Crippen molar-refractivity contribution in [2.24, 2.45) is 0 Å². The molecule has 0 unspecified atom stereocenters. The normalized spacial score (nSPS) is 19.7. The number of amides is 1. The quantitative estimate of drug-likeness (QED) is 0.886. The van der Waals surface area contributed by atoms with Gasteiger partial charge < -0.3 is 10.2 Å². The molecule has 1 saturated heterocycles. The summed E-state index contributed by atoms with van der Waals surface area (Å²) in [6.07, 6.45) is 4.40. The Morgan fingerprint density at radius 1 is 1.33 bits per heavy atom. The summed E-state index contributed by atoms with van der Waals surface area (Å²) >= 11 is 0. The van der Waals surface area contributed by atoms with E-state index >= 15 is 0 Å². The van der Waals surface area contributed by atoms with Crippen molar-refractivity contribution in [3.8, 4) is 0 Å². The van der Waals surface area contributed by atoms with Gasteiger partial charge in [-0.2, -0.15) is 0 Å². The van der Waals surface area contributed by atoms with Crippen molar-refractivity contribution in [2.45, 2.75) is 45.6 Å². The van der Waals surface area contributed by atoms with Gasteiger partial charge in [-0.1, -0.05) is 6.92 Å². The molecule has 0 saturated carbocycles. The zero-order chi connectivity index (χ0) is 13.0. The molecular formula is C15H22N2O. The van der Waals surface area contributed by atoms with Gasteiger partial charge in [0.25, 0.3) is 0 Å². The van der Waals surface area contributed by atoms with Crippen molar-refractivity contribution < 1.29 is 4.79 Å². The lowest BCUT2D eigenvalue weighted by Gasteiger charge is -2.35. The van der Waals surface area contributed by atoms with Gasteiger partial charge in [0.1, 0.15) is 0 Å². The third-order valence-corrected chi connectivity index (χ3v) is 3.61. The molecule has 18 heavy (non-hydrogen) atoms. The number of benzene rings is 1. The predicted octanol–water partition coefficient (Wildman–Crippen LogP) is 3.41. The molecule has 0 aliphatic carbocycles. The van der Waals surface area contributed by atoms with Crippen LogP contribution in [0, 0.1) is 0 Å². The summed E-state index contributed by atoms with van der Waals surface area (Å²) < 4.78 is 0. The number of carbonyl (C=O) groups excluding carboxylic acids is 1. The lowest BCUT2D eigenvalue weighted by molar-refractivity contribution is -0.115. The van der Waals surface area contributed by atoms with Gasteiger partial charge in [-0.15, -0.1) is 0 Å². The largest absolute Gasteiger partial charge is 0.369 e. The first-order valence-corrected chi connectivity index (χ1v) is 6.87. The minimum absolute atomic E-state index is 0.0640. The fourth-order valence-electron chi connectivity index (χ4n) is 2.47. The number of piperidine rings is 1. The molecule has 1 heterocycles. The van der Waals surface area contributed by atoms with E-state index in [0.29, 0.717) is 12.5 Å². The molecule has 3 heteroatoms.